The second-order valence-electron chi connectivity index (χ2n) is 8.46. The number of nitriles is 1. The van der Waals surface area contributed by atoms with Gasteiger partial charge in [-0.15, -0.1) is 0 Å². The summed E-state index contributed by atoms with van der Waals surface area (Å²) in [6.07, 6.45) is 0.381. The highest BCUT2D eigenvalue weighted by Crippen LogP contribution is 2.43. The molecule has 3 aromatic carbocycles. The Balaban J connectivity index is 1.75. The molecule has 1 aliphatic rings. The number of nitrogens with zero attached hydrogens (tertiary/aromatic N) is 2. The molecule has 1 heterocycles. The molecule has 2 amide bonds. The van der Waals surface area contributed by atoms with E-state index in [0.717, 1.165) is 22.3 Å². The van der Waals surface area contributed by atoms with E-state index in [0.29, 0.717) is 27.8 Å². The number of aryl methyl sites for hydroxylation is 3. The number of nitrogens with one attached hydrogen (secondary N) is 1. The smallest absolute Gasteiger partial charge is 0.269 e. The van der Waals surface area contributed by atoms with Crippen LogP contribution in [0, 0.1) is 32.1 Å². The van der Waals surface area contributed by atoms with Crippen molar-refractivity contribution in [1.82, 2.24) is 0 Å². The van der Waals surface area contributed by atoms with Gasteiger partial charge < -0.3 is 5.32 Å². The minimum atomic E-state index is -0.557. The zero-order valence-electron chi connectivity index (χ0n) is 19.6. The Morgan fingerprint density at radius 2 is 1.77 bits per heavy atom. The molecule has 0 saturated carbocycles. The molecule has 5 nitrogen and oxygen atoms in total. The molecule has 0 bridgehead atoms. The van der Waals surface area contributed by atoms with E-state index in [-0.39, 0.29) is 11.5 Å². The molecule has 1 N–H and O–H groups in total. The molecule has 3 aromatic rings. The quantitative estimate of drug-likeness (QED) is 0.327. The third-order valence-corrected chi connectivity index (χ3v) is 7.56. The fourth-order valence-corrected chi connectivity index (χ4v) is 5.29. The Morgan fingerprint density at radius 1 is 1.06 bits per heavy atom. The number of benzene rings is 3. The number of amides is 2. The third-order valence-electron chi connectivity index (χ3n) is 5.93. The highest BCUT2D eigenvalue weighted by Gasteiger charge is 2.41. The Morgan fingerprint density at radius 3 is 2.43 bits per heavy atom. The Kier molecular flexibility index (Phi) is 7.30. The van der Waals surface area contributed by atoms with Gasteiger partial charge in [-0.3, -0.25) is 14.5 Å². The number of carbonyl (C=O) groups excluding carboxylic acids is 2. The zero-order valence-corrected chi connectivity index (χ0v) is 21.2. The van der Waals surface area contributed by atoms with Crippen molar-refractivity contribution in [2.24, 2.45) is 0 Å². The van der Waals surface area contributed by atoms with E-state index in [1.807, 2.05) is 75.4 Å². The first-order valence-electron chi connectivity index (χ1n) is 11.1. The van der Waals surface area contributed by atoms with Gasteiger partial charge in [0.25, 0.3) is 5.91 Å². The van der Waals surface area contributed by atoms with Crippen molar-refractivity contribution in [3.63, 3.8) is 0 Å². The number of hydrogen-bond acceptors (Lipinski definition) is 4. The summed E-state index contributed by atoms with van der Waals surface area (Å²) in [6, 6.07) is 22.4. The van der Waals surface area contributed by atoms with Crippen LogP contribution in [-0.4, -0.2) is 17.1 Å². The van der Waals surface area contributed by atoms with Crippen LogP contribution >= 0.6 is 23.4 Å². The van der Waals surface area contributed by atoms with Crippen molar-refractivity contribution < 1.29 is 9.59 Å². The van der Waals surface area contributed by atoms with E-state index < -0.39 is 11.2 Å². The van der Waals surface area contributed by atoms with E-state index in [2.05, 4.69) is 5.32 Å². The molecule has 35 heavy (non-hydrogen) atoms. The van der Waals surface area contributed by atoms with Crippen LogP contribution in [0.3, 0.4) is 0 Å². The van der Waals surface area contributed by atoms with E-state index in [9.17, 15) is 14.9 Å². The molecule has 4 rings (SSSR count). The molecule has 7 heteroatoms. The van der Waals surface area contributed by atoms with Crippen LogP contribution < -0.4 is 10.2 Å². The van der Waals surface area contributed by atoms with Crippen LogP contribution in [0.5, 0.6) is 0 Å². The first-order chi connectivity index (χ1) is 16.8. The predicted octanol–water partition coefficient (Wildman–Crippen LogP) is 6.33. The van der Waals surface area contributed by atoms with Gasteiger partial charge in [0.15, 0.2) is 0 Å². The first kappa shape index (κ1) is 24.6. The lowest BCUT2D eigenvalue weighted by atomic mass is 10.1. The molecule has 1 fully saturated rings. The van der Waals surface area contributed by atoms with Gasteiger partial charge in [0.05, 0.1) is 5.25 Å². The normalized spacial score (nSPS) is 16.7. The summed E-state index contributed by atoms with van der Waals surface area (Å²) < 4.78 is 0. The van der Waals surface area contributed by atoms with Crippen molar-refractivity contribution in [3.8, 4) is 6.07 Å². The van der Waals surface area contributed by atoms with Crippen LogP contribution in [0.4, 0.5) is 11.4 Å². The summed E-state index contributed by atoms with van der Waals surface area (Å²) in [5.74, 6) is -0.747. The molecular weight excluding hydrogens is 478 g/mol. The lowest BCUT2D eigenvalue weighted by Crippen LogP contribution is -2.31. The highest BCUT2D eigenvalue weighted by molar-refractivity contribution is 8.05. The zero-order chi connectivity index (χ0) is 25.1. The van der Waals surface area contributed by atoms with Gasteiger partial charge in [0.2, 0.25) is 5.91 Å². The fraction of sp³-hybridized carbons (Fsp3) is 0.179. The third kappa shape index (κ3) is 5.27. The Hall–Kier alpha value is -3.53. The molecule has 0 spiro atoms. The SMILES string of the molecule is Cc1ccc(NC(=O)/C(C#N)=C2\S[C@H](Cc3ccccc3Cl)C(=O)N2c2ccc(C)c(C)c2)cc1. The number of hydrogen-bond donors (Lipinski definition) is 1. The molecule has 1 aliphatic heterocycles. The fourth-order valence-electron chi connectivity index (χ4n) is 3.78. The van der Waals surface area contributed by atoms with Crippen LogP contribution in [0.25, 0.3) is 0 Å². The number of carbonyl (C=O) groups is 2. The van der Waals surface area contributed by atoms with Crippen molar-refractivity contribution in [3.05, 3.63) is 105 Å². The van der Waals surface area contributed by atoms with Gasteiger partial charge in [0.1, 0.15) is 16.7 Å². The summed E-state index contributed by atoms with van der Waals surface area (Å²) in [4.78, 5) is 28.3. The Labute approximate surface area is 214 Å². The largest absolute Gasteiger partial charge is 0.321 e. The summed E-state index contributed by atoms with van der Waals surface area (Å²) in [7, 11) is 0. The van der Waals surface area contributed by atoms with Gasteiger partial charge in [-0.25, -0.2) is 0 Å². The summed E-state index contributed by atoms with van der Waals surface area (Å²) in [5.41, 5.74) is 5.09. The number of thioether (sulfide) groups is 1. The Bertz CT molecular complexity index is 1380. The molecule has 0 aromatic heterocycles. The van der Waals surface area contributed by atoms with Crippen molar-refractivity contribution >= 4 is 46.6 Å². The van der Waals surface area contributed by atoms with E-state index in [1.54, 1.807) is 18.2 Å². The summed E-state index contributed by atoms with van der Waals surface area (Å²) in [6.45, 7) is 5.91. The van der Waals surface area contributed by atoms with E-state index >= 15 is 0 Å². The number of halogens is 1. The van der Waals surface area contributed by atoms with Gasteiger partial charge in [0, 0.05) is 16.4 Å². The van der Waals surface area contributed by atoms with E-state index in [1.165, 1.54) is 16.7 Å². The van der Waals surface area contributed by atoms with Crippen LogP contribution in [0.2, 0.25) is 5.02 Å². The average Bonchev–Trinajstić information content (AvgIpc) is 3.14. The second-order valence-corrected chi connectivity index (χ2v) is 10.1. The standard InChI is InChI=1S/C28H24ClN3O2S/c1-17-8-11-21(12-9-17)31-26(33)23(16-30)28-32(22-13-10-18(2)19(3)14-22)27(34)25(35-28)15-20-6-4-5-7-24(20)29/h4-14,25H,15H2,1-3H3,(H,31,33)/b28-23-/t25-/m1/s1. The molecule has 176 valence electrons. The average molecular weight is 502 g/mol. The van der Waals surface area contributed by atoms with Crippen LogP contribution in [0.15, 0.2) is 77.3 Å². The van der Waals surface area contributed by atoms with Crippen molar-refractivity contribution in [2.45, 2.75) is 32.4 Å². The highest BCUT2D eigenvalue weighted by atomic mass is 35.5. The van der Waals surface area contributed by atoms with Crippen LogP contribution in [0.1, 0.15) is 22.3 Å². The lowest BCUT2D eigenvalue weighted by Gasteiger charge is -2.20. The van der Waals surface area contributed by atoms with E-state index in [4.69, 9.17) is 11.6 Å². The first-order valence-corrected chi connectivity index (χ1v) is 12.4. The molecular formula is C28H24ClN3O2S. The maximum atomic E-state index is 13.7. The van der Waals surface area contributed by atoms with Crippen LogP contribution in [-0.2, 0) is 16.0 Å². The lowest BCUT2D eigenvalue weighted by molar-refractivity contribution is -0.117. The van der Waals surface area contributed by atoms with Gasteiger partial charge in [-0.1, -0.05) is 65.3 Å². The van der Waals surface area contributed by atoms with Gasteiger partial charge >= 0.3 is 0 Å². The summed E-state index contributed by atoms with van der Waals surface area (Å²) >= 11 is 7.58. The maximum Gasteiger partial charge on any atom is 0.269 e. The molecule has 1 saturated heterocycles. The minimum absolute atomic E-state index is 0.108. The monoisotopic (exact) mass is 501 g/mol. The van der Waals surface area contributed by atoms with Gasteiger partial charge in [-0.2, -0.15) is 5.26 Å². The van der Waals surface area contributed by atoms with Crippen molar-refractivity contribution in [2.75, 3.05) is 10.2 Å². The molecule has 0 unspecified atom stereocenters. The summed E-state index contributed by atoms with van der Waals surface area (Å²) in [5, 5.41) is 13.2. The minimum Gasteiger partial charge on any atom is -0.321 e. The molecule has 1 atom stereocenters. The predicted molar refractivity (Wildman–Crippen MR) is 142 cm³/mol. The second kappa shape index (κ2) is 10.4. The number of anilines is 2. The van der Waals surface area contributed by atoms with Crippen molar-refractivity contribution in [1.29, 1.82) is 5.26 Å². The maximum absolute atomic E-state index is 13.7. The number of rotatable bonds is 5. The van der Waals surface area contributed by atoms with Gasteiger partial charge in [-0.05, 0) is 74.2 Å². The topological polar surface area (TPSA) is 73.2 Å². The molecule has 0 radical (unpaired) electrons. The molecule has 0 aliphatic carbocycles.